The summed E-state index contributed by atoms with van der Waals surface area (Å²) in [5.41, 5.74) is 5.52. The minimum atomic E-state index is -0.551. The number of aromatic hydroxyl groups is 2. The predicted octanol–water partition coefficient (Wildman–Crippen LogP) is 4.05. The highest BCUT2D eigenvalue weighted by molar-refractivity contribution is 5.91. The largest absolute Gasteiger partial charge is 0.507 e. The van der Waals surface area contributed by atoms with Crippen LogP contribution in [0.25, 0.3) is 6.08 Å². The number of nitrogens with zero attached hydrogens (tertiary/aromatic N) is 3. The van der Waals surface area contributed by atoms with E-state index in [2.05, 4.69) is 27.3 Å². The van der Waals surface area contributed by atoms with Gasteiger partial charge in [0.05, 0.1) is 25.3 Å². The quantitative estimate of drug-likeness (QED) is 0.368. The number of carbonyl (C=O) groups is 1. The van der Waals surface area contributed by atoms with E-state index in [9.17, 15) is 20.3 Å². The van der Waals surface area contributed by atoms with Gasteiger partial charge in [-0.05, 0) is 56.5 Å². The van der Waals surface area contributed by atoms with Crippen molar-refractivity contribution < 1.29 is 29.2 Å². The van der Waals surface area contributed by atoms with E-state index in [0.29, 0.717) is 41.2 Å². The van der Waals surface area contributed by atoms with Crippen LogP contribution >= 0.6 is 0 Å². The molecule has 0 spiro atoms. The first kappa shape index (κ1) is 29.0. The third-order valence-corrected chi connectivity index (χ3v) is 9.99. The molecule has 45 heavy (non-hydrogen) atoms. The number of piperazine rings is 1. The molecule has 1 unspecified atom stereocenters. The van der Waals surface area contributed by atoms with Gasteiger partial charge in [0.15, 0.2) is 23.0 Å². The maximum Gasteiger partial charge on any atom is 0.244 e. The predicted molar refractivity (Wildman–Crippen MR) is 166 cm³/mol. The Morgan fingerprint density at radius 2 is 1.87 bits per heavy atom. The van der Waals surface area contributed by atoms with Crippen molar-refractivity contribution in [1.29, 1.82) is 5.26 Å². The van der Waals surface area contributed by atoms with Crippen LogP contribution in [0, 0.1) is 25.2 Å². The summed E-state index contributed by atoms with van der Waals surface area (Å²) in [4.78, 5) is 17.5. The lowest BCUT2D eigenvalue weighted by Crippen LogP contribution is -2.68. The molecule has 3 aromatic rings. The molecule has 4 aliphatic heterocycles. The average molecular weight is 609 g/mol. The Labute approximate surface area is 262 Å². The minimum Gasteiger partial charge on any atom is -0.507 e. The fourth-order valence-corrected chi connectivity index (χ4v) is 8.04. The number of amides is 1. The first-order chi connectivity index (χ1) is 21.7. The topological polar surface area (TPSA) is 128 Å². The number of carbonyl (C=O) groups excluding carboxylic acids is 1. The molecule has 0 aliphatic carbocycles. The number of benzene rings is 3. The van der Waals surface area contributed by atoms with Gasteiger partial charge in [0, 0.05) is 47.0 Å². The van der Waals surface area contributed by atoms with Gasteiger partial charge in [0.1, 0.15) is 11.8 Å². The second kappa shape index (κ2) is 11.0. The molecular formula is C35H36N4O6. The van der Waals surface area contributed by atoms with E-state index in [-0.39, 0.29) is 48.9 Å². The standard InChI is InChI=1S/C35H36N4O6/c1-18-12-21-13-23-25(15-36)39-24(30(38(23)3)28(21)32(42)33(18)43-4)14-22-29(35-34(44-17-45-35)19(2)31(22)41)26(39)16-37-27(40)11-10-20-8-6-5-7-9-20/h5-12,23-26,30,41-42H,13-14,16-17H2,1-4H3,(H,37,40)/b11-10+/t23-,24?,25+,26+,30-/m1/s1. The molecule has 1 saturated heterocycles. The summed E-state index contributed by atoms with van der Waals surface area (Å²) in [6.45, 7) is 3.89. The number of nitriles is 1. The maximum atomic E-state index is 13.2. The lowest BCUT2D eigenvalue weighted by molar-refractivity contribution is -0.117. The number of rotatable bonds is 5. The zero-order valence-corrected chi connectivity index (χ0v) is 25.7. The fraction of sp³-hybridized carbons (Fsp3) is 0.371. The zero-order valence-electron chi connectivity index (χ0n) is 25.7. The van der Waals surface area contributed by atoms with Gasteiger partial charge in [-0.1, -0.05) is 36.4 Å². The summed E-state index contributed by atoms with van der Waals surface area (Å²) < 4.78 is 17.4. The van der Waals surface area contributed by atoms with Crippen molar-refractivity contribution in [2.45, 2.75) is 56.9 Å². The number of hydrogen-bond acceptors (Lipinski definition) is 9. The fourth-order valence-electron chi connectivity index (χ4n) is 8.04. The van der Waals surface area contributed by atoms with Gasteiger partial charge < -0.3 is 29.7 Å². The molecular weight excluding hydrogens is 572 g/mol. The van der Waals surface area contributed by atoms with Gasteiger partial charge in [0.2, 0.25) is 12.7 Å². The second-order valence-corrected chi connectivity index (χ2v) is 12.3. The van der Waals surface area contributed by atoms with Gasteiger partial charge >= 0.3 is 0 Å². The van der Waals surface area contributed by atoms with Crippen molar-refractivity contribution in [1.82, 2.24) is 15.1 Å². The van der Waals surface area contributed by atoms with E-state index in [0.717, 1.165) is 27.8 Å². The van der Waals surface area contributed by atoms with Crippen LogP contribution in [0.2, 0.25) is 0 Å². The molecule has 232 valence electrons. The van der Waals surface area contributed by atoms with Crippen molar-refractivity contribution in [2.75, 3.05) is 27.5 Å². The van der Waals surface area contributed by atoms with E-state index >= 15 is 0 Å². The molecule has 10 nitrogen and oxygen atoms in total. The van der Waals surface area contributed by atoms with E-state index in [1.54, 1.807) is 20.1 Å². The van der Waals surface area contributed by atoms with Crippen LogP contribution in [-0.4, -0.2) is 71.5 Å². The number of phenolic OH excluding ortho intramolecular Hbond substituents is 2. The smallest absolute Gasteiger partial charge is 0.244 e. The molecule has 0 radical (unpaired) electrons. The van der Waals surface area contributed by atoms with E-state index in [1.165, 1.54) is 6.08 Å². The van der Waals surface area contributed by atoms with Crippen LogP contribution in [0.5, 0.6) is 28.7 Å². The highest BCUT2D eigenvalue weighted by Gasteiger charge is 2.56. The lowest BCUT2D eigenvalue weighted by Gasteiger charge is -2.60. The second-order valence-electron chi connectivity index (χ2n) is 12.3. The van der Waals surface area contributed by atoms with Crippen LogP contribution < -0.4 is 19.5 Å². The summed E-state index contributed by atoms with van der Waals surface area (Å²) in [7, 11) is 3.55. The van der Waals surface area contributed by atoms with Crippen molar-refractivity contribution in [3.8, 4) is 34.8 Å². The summed E-state index contributed by atoms with van der Waals surface area (Å²) >= 11 is 0. The average Bonchev–Trinajstić information content (AvgIpc) is 3.53. The number of hydrogen-bond donors (Lipinski definition) is 3. The molecule has 2 bridgehead atoms. The number of nitrogens with one attached hydrogen (secondary N) is 1. The van der Waals surface area contributed by atoms with Crippen molar-refractivity contribution in [3.05, 3.63) is 81.4 Å². The third-order valence-electron chi connectivity index (χ3n) is 9.99. The van der Waals surface area contributed by atoms with E-state index in [4.69, 9.17) is 14.2 Å². The first-order valence-electron chi connectivity index (χ1n) is 15.2. The Kier molecular flexibility index (Phi) is 7.10. The molecule has 0 aromatic heterocycles. The van der Waals surface area contributed by atoms with Crippen molar-refractivity contribution in [2.24, 2.45) is 0 Å². The van der Waals surface area contributed by atoms with Crippen LogP contribution in [0.3, 0.4) is 0 Å². The molecule has 10 heteroatoms. The molecule has 5 atom stereocenters. The molecule has 0 saturated carbocycles. The van der Waals surface area contributed by atoms with E-state index in [1.807, 2.05) is 44.3 Å². The van der Waals surface area contributed by atoms with Crippen molar-refractivity contribution in [3.63, 3.8) is 0 Å². The van der Waals surface area contributed by atoms with Crippen LogP contribution in [0.15, 0.2) is 42.5 Å². The number of likely N-dealkylation sites (N-methyl/N-ethyl adjacent to an activating group) is 1. The summed E-state index contributed by atoms with van der Waals surface area (Å²) in [6, 6.07) is 12.3. The summed E-state index contributed by atoms with van der Waals surface area (Å²) in [5, 5.41) is 37.0. The summed E-state index contributed by atoms with van der Waals surface area (Å²) in [5.74, 6) is 1.40. The normalized spacial score (nSPS) is 24.8. The minimum absolute atomic E-state index is 0.0183. The number of fused-ring (bicyclic) bond motifs is 9. The van der Waals surface area contributed by atoms with E-state index < -0.39 is 12.1 Å². The van der Waals surface area contributed by atoms with Gasteiger partial charge in [-0.15, -0.1) is 0 Å². The zero-order chi connectivity index (χ0) is 31.6. The molecule has 1 amide bonds. The van der Waals surface area contributed by atoms with Gasteiger partial charge in [0.25, 0.3) is 0 Å². The Hall–Kier alpha value is -4.72. The van der Waals surface area contributed by atoms with Crippen LogP contribution in [-0.2, 0) is 17.6 Å². The highest BCUT2D eigenvalue weighted by atomic mass is 16.7. The molecule has 7 rings (SSSR count). The SMILES string of the molecule is COc1c(C)cc2c(c1O)[C@H]1C3Cc4c(O)c(C)c5c(c4[C@H](CNC(=O)/C=C/c4ccccc4)N3[C@@H](C#N)[C@@H](C2)N1C)OCO5. The maximum absolute atomic E-state index is 13.2. The highest BCUT2D eigenvalue weighted by Crippen LogP contribution is 2.58. The van der Waals surface area contributed by atoms with Crippen LogP contribution in [0.1, 0.15) is 51.0 Å². The Morgan fingerprint density at radius 3 is 2.60 bits per heavy atom. The summed E-state index contributed by atoms with van der Waals surface area (Å²) in [6.07, 6.45) is 4.21. The van der Waals surface area contributed by atoms with Crippen LogP contribution in [0.4, 0.5) is 0 Å². The number of phenols is 2. The molecule has 1 fully saturated rings. The monoisotopic (exact) mass is 608 g/mol. The molecule has 4 heterocycles. The van der Waals surface area contributed by atoms with Gasteiger partial charge in [-0.25, -0.2) is 0 Å². The third kappa shape index (κ3) is 4.41. The van der Waals surface area contributed by atoms with Gasteiger partial charge in [-0.2, -0.15) is 5.26 Å². The van der Waals surface area contributed by atoms with Crippen molar-refractivity contribution >= 4 is 12.0 Å². The number of methoxy groups -OCH3 is 1. The first-order valence-corrected chi connectivity index (χ1v) is 15.2. The number of aryl methyl sites for hydroxylation is 1. The van der Waals surface area contributed by atoms with Gasteiger partial charge in [-0.3, -0.25) is 14.6 Å². The Morgan fingerprint density at radius 1 is 1.11 bits per heavy atom. The number of ether oxygens (including phenoxy) is 3. The Balaban J connectivity index is 1.36. The lowest BCUT2D eigenvalue weighted by atomic mass is 9.71. The molecule has 3 aromatic carbocycles. The molecule has 4 aliphatic rings. The Bertz CT molecular complexity index is 1770. The molecule has 3 N–H and O–H groups in total.